The van der Waals surface area contributed by atoms with E-state index in [2.05, 4.69) is 20.5 Å². The van der Waals surface area contributed by atoms with E-state index < -0.39 is 5.41 Å². The number of nitrogens with zero attached hydrogens (tertiary/aromatic N) is 5. The number of hydrogen-bond acceptors (Lipinski definition) is 7. The van der Waals surface area contributed by atoms with Crippen LogP contribution in [0.5, 0.6) is 0 Å². The van der Waals surface area contributed by atoms with Crippen molar-refractivity contribution >= 4 is 23.3 Å². The second kappa shape index (κ2) is 7.98. The first kappa shape index (κ1) is 20.8. The first-order valence-corrected chi connectivity index (χ1v) is 11.2. The van der Waals surface area contributed by atoms with E-state index in [0.29, 0.717) is 55.8 Å². The molecule has 0 bridgehead atoms. The molecule has 10 heteroatoms. The van der Waals surface area contributed by atoms with Crippen molar-refractivity contribution < 1.29 is 14.0 Å². The molecule has 0 saturated carbocycles. The number of aryl methyl sites for hydroxylation is 3. The molecule has 30 heavy (non-hydrogen) atoms. The van der Waals surface area contributed by atoms with E-state index in [1.54, 1.807) is 6.92 Å². The number of likely N-dealkylation sites (tertiary alicyclic amines) is 2. The first-order chi connectivity index (χ1) is 14.3. The summed E-state index contributed by atoms with van der Waals surface area (Å²) in [6, 6.07) is -0.0753. The van der Waals surface area contributed by atoms with Crippen LogP contribution in [-0.2, 0) is 5.41 Å². The van der Waals surface area contributed by atoms with Crippen LogP contribution in [0.1, 0.15) is 51.9 Å². The van der Waals surface area contributed by atoms with Crippen LogP contribution in [0, 0.1) is 26.7 Å². The van der Waals surface area contributed by atoms with Gasteiger partial charge in [-0.3, -0.25) is 4.79 Å². The smallest absolute Gasteiger partial charge is 0.317 e. The molecular weight excluding hydrogens is 404 g/mol. The first-order valence-electron chi connectivity index (χ1n) is 10.4. The zero-order valence-electron chi connectivity index (χ0n) is 17.9. The Bertz CT molecular complexity index is 956. The average molecular weight is 433 g/mol. The Balaban J connectivity index is 1.59. The molecule has 9 nitrogen and oxygen atoms in total. The highest BCUT2D eigenvalue weighted by Gasteiger charge is 2.55. The van der Waals surface area contributed by atoms with Gasteiger partial charge in [-0.15, -0.1) is 21.5 Å². The second-order valence-electron chi connectivity index (χ2n) is 8.24. The molecule has 3 amide bonds. The fraction of sp³-hybridized carbons (Fsp3) is 0.650. The summed E-state index contributed by atoms with van der Waals surface area (Å²) in [5, 5.41) is 12.2. The molecule has 2 fully saturated rings. The molecule has 0 aliphatic carbocycles. The van der Waals surface area contributed by atoms with Gasteiger partial charge in [0.15, 0.2) is 0 Å². The summed E-state index contributed by atoms with van der Waals surface area (Å²) in [4.78, 5) is 34.7. The fourth-order valence-electron chi connectivity index (χ4n) is 4.59. The Morgan fingerprint density at radius 1 is 1.23 bits per heavy atom. The minimum absolute atomic E-state index is 0.0160. The summed E-state index contributed by atoms with van der Waals surface area (Å²) < 4.78 is 5.85. The van der Waals surface area contributed by atoms with E-state index >= 15 is 0 Å². The van der Waals surface area contributed by atoms with E-state index in [9.17, 15) is 9.59 Å². The van der Waals surface area contributed by atoms with Crippen LogP contribution < -0.4 is 5.32 Å². The number of fused-ring (bicyclic) bond motifs is 1. The van der Waals surface area contributed by atoms with Gasteiger partial charge in [0.2, 0.25) is 11.8 Å². The van der Waals surface area contributed by atoms with Crippen molar-refractivity contribution in [3.8, 4) is 0 Å². The monoisotopic (exact) mass is 432 g/mol. The van der Waals surface area contributed by atoms with Crippen molar-refractivity contribution in [2.75, 3.05) is 32.7 Å². The molecule has 0 aromatic carbocycles. The van der Waals surface area contributed by atoms with Crippen molar-refractivity contribution in [1.82, 2.24) is 30.3 Å². The number of carbonyl (C=O) groups is 2. The van der Waals surface area contributed by atoms with E-state index in [4.69, 9.17) is 4.42 Å². The molecule has 1 N–H and O–H groups in total. The zero-order chi connectivity index (χ0) is 21.5. The number of urea groups is 1. The van der Waals surface area contributed by atoms with Crippen LogP contribution >= 0.6 is 11.3 Å². The summed E-state index contributed by atoms with van der Waals surface area (Å²) >= 11 is 1.44. The van der Waals surface area contributed by atoms with Crippen molar-refractivity contribution in [2.45, 2.75) is 46.0 Å². The van der Waals surface area contributed by atoms with Crippen LogP contribution in [0.4, 0.5) is 4.79 Å². The lowest BCUT2D eigenvalue weighted by molar-refractivity contribution is 0.0571. The molecule has 4 heterocycles. The van der Waals surface area contributed by atoms with E-state index in [0.717, 1.165) is 17.1 Å². The van der Waals surface area contributed by atoms with Gasteiger partial charge in [-0.05, 0) is 26.7 Å². The minimum Gasteiger partial charge on any atom is -0.425 e. The molecule has 0 radical (unpaired) electrons. The Morgan fingerprint density at radius 2 is 2.00 bits per heavy atom. The van der Waals surface area contributed by atoms with Gasteiger partial charge >= 0.3 is 6.03 Å². The molecule has 0 unspecified atom stereocenters. The molecule has 4 rings (SSSR count). The number of hydrogen-bond donors (Lipinski definition) is 1. The fourth-order valence-corrected chi connectivity index (χ4v) is 5.47. The van der Waals surface area contributed by atoms with Gasteiger partial charge in [0.25, 0.3) is 5.91 Å². The molecular formula is C20H28N6O3S. The third kappa shape index (κ3) is 3.57. The predicted molar refractivity (Wildman–Crippen MR) is 112 cm³/mol. The highest BCUT2D eigenvalue weighted by atomic mass is 32.1. The molecule has 0 spiro atoms. The van der Waals surface area contributed by atoms with Crippen LogP contribution in [0.2, 0.25) is 0 Å². The molecule has 2 atom stereocenters. The van der Waals surface area contributed by atoms with E-state index in [1.807, 2.05) is 30.6 Å². The lowest BCUT2D eigenvalue weighted by Gasteiger charge is -2.40. The van der Waals surface area contributed by atoms with Gasteiger partial charge in [-0.25, -0.2) is 9.78 Å². The molecule has 2 aromatic rings. The highest BCUT2D eigenvalue weighted by Crippen LogP contribution is 2.45. The SMILES string of the molecule is CCCNC(=O)N1C[C@@H]2CN(C(=O)c3sc(C)nc3C)CC[C@]2(c2nnc(C)o2)C1. The number of amides is 3. The topological polar surface area (TPSA) is 104 Å². The van der Waals surface area contributed by atoms with Crippen molar-refractivity contribution in [1.29, 1.82) is 0 Å². The largest absolute Gasteiger partial charge is 0.425 e. The number of thiazole rings is 1. The number of piperidine rings is 1. The summed E-state index contributed by atoms with van der Waals surface area (Å²) in [5.74, 6) is 1.15. The summed E-state index contributed by atoms with van der Waals surface area (Å²) in [7, 11) is 0. The quantitative estimate of drug-likeness (QED) is 0.795. The molecule has 162 valence electrons. The maximum Gasteiger partial charge on any atom is 0.317 e. The van der Waals surface area contributed by atoms with Crippen LogP contribution in [0.25, 0.3) is 0 Å². The lowest BCUT2D eigenvalue weighted by atomic mass is 9.72. The molecule has 2 aromatic heterocycles. The Kier molecular flexibility index (Phi) is 5.52. The minimum atomic E-state index is -0.416. The van der Waals surface area contributed by atoms with Gasteiger partial charge in [-0.2, -0.15) is 0 Å². The predicted octanol–water partition coefficient (Wildman–Crippen LogP) is 2.29. The number of rotatable bonds is 4. The van der Waals surface area contributed by atoms with E-state index in [1.165, 1.54) is 11.3 Å². The number of carbonyl (C=O) groups excluding carboxylic acids is 2. The van der Waals surface area contributed by atoms with Crippen molar-refractivity contribution in [3.05, 3.63) is 27.4 Å². The second-order valence-corrected chi connectivity index (χ2v) is 9.44. The van der Waals surface area contributed by atoms with Crippen LogP contribution in [0.3, 0.4) is 0 Å². The maximum absolute atomic E-state index is 13.2. The van der Waals surface area contributed by atoms with Crippen LogP contribution in [-0.4, -0.2) is 69.6 Å². The average Bonchev–Trinajstić information content (AvgIpc) is 3.41. The third-order valence-electron chi connectivity index (χ3n) is 6.11. The normalized spacial score (nSPS) is 23.5. The van der Waals surface area contributed by atoms with Crippen molar-refractivity contribution in [3.63, 3.8) is 0 Å². The standard InChI is InChI=1S/C20H28N6O3S/c1-5-7-21-19(28)26-10-15-9-25(17(27)16-12(2)22-14(4)30-16)8-6-20(15,11-26)18-24-23-13(3)29-18/h15H,5-11H2,1-4H3,(H,21,28)/t15-,20-/m0/s1. The van der Waals surface area contributed by atoms with Gasteiger partial charge < -0.3 is 19.5 Å². The van der Waals surface area contributed by atoms with Gasteiger partial charge in [-0.1, -0.05) is 6.92 Å². The number of nitrogens with one attached hydrogen (secondary N) is 1. The number of aromatic nitrogens is 3. The molecule has 2 aliphatic heterocycles. The third-order valence-corrected chi connectivity index (χ3v) is 7.18. The Hall–Kier alpha value is -2.49. The molecule has 2 aliphatic rings. The Labute approximate surface area is 179 Å². The van der Waals surface area contributed by atoms with Gasteiger partial charge in [0.1, 0.15) is 4.88 Å². The van der Waals surface area contributed by atoms with E-state index in [-0.39, 0.29) is 17.9 Å². The van der Waals surface area contributed by atoms with Crippen LogP contribution in [0.15, 0.2) is 4.42 Å². The zero-order valence-corrected chi connectivity index (χ0v) is 18.7. The maximum atomic E-state index is 13.2. The summed E-state index contributed by atoms with van der Waals surface area (Å²) in [5.41, 5.74) is 0.360. The van der Waals surface area contributed by atoms with Crippen molar-refractivity contribution in [2.24, 2.45) is 5.92 Å². The van der Waals surface area contributed by atoms with Gasteiger partial charge in [0.05, 0.1) is 16.1 Å². The van der Waals surface area contributed by atoms with Gasteiger partial charge in [0, 0.05) is 45.6 Å². The summed E-state index contributed by atoms with van der Waals surface area (Å²) in [6.07, 6.45) is 1.56. The molecule has 2 saturated heterocycles. The lowest BCUT2D eigenvalue weighted by Crippen LogP contribution is -2.51. The highest BCUT2D eigenvalue weighted by molar-refractivity contribution is 7.13. The summed E-state index contributed by atoms with van der Waals surface area (Å²) in [6.45, 7) is 10.4. The Morgan fingerprint density at radius 3 is 2.63 bits per heavy atom.